The first-order chi connectivity index (χ1) is 9.19. The fourth-order valence-electron chi connectivity index (χ4n) is 1.72. The van der Waals surface area contributed by atoms with Crippen molar-refractivity contribution in [3.05, 3.63) is 53.5 Å². The summed E-state index contributed by atoms with van der Waals surface area (Å²) in [6.07, 6.45) is 0. The van der Waals surface area contributed by atoms with E-state index in [9.17, 15) is 4.39 Å². The Kier molecular flexibility index (Phi) is 4.47. The zero-order valence-corrected chi connectivity index (χ0v) is 11.1. The van der Waals surface area contributed by atoms with Crippen LogP contribution >= 0.6 is 0 Å². The number of rotatable bonds is 5. The highest BCUT2D eigenvalue weighted by molar-refractivity contribution is 5.30. The van der Waals surface area contributed by atoms with Crippen LogP contribution in [0.15, 0.2) is 36.4 Å². The van der Waals surface area contributed by atoms with Crippen molar-refractivity contribution in [1.29, 1.82) is 0 Å². The van der Waals surface area contributed by atoms with Gasteiger partial charge in [-0.25, -0.2) is 9.37 Å². The van der Waals surface area contributed by atoms with E-state index >= 15 is 0 Å². The normalized spacial score (nSPS) is 10.5. The second-order valence-corrected chi connectivity index (χ2v) is 4.23. The minimum absolute atomic E-state index is 0.321. The number of nitrogens with zero attached hydrogens (tertiary/aromatic N) is 1. The number of pyridine rings is 1. The van der Waals surface area contributed by atoms with Crippen LogP contribution in [-0.2, 0) is 6.54 Å². The molecule has 1 aromatic heterocycles. The molecule has 0 fully saturated rings. The molecule has 0 unspecified atom stereocenters. The zero-order chi connectivity index (χ0) is 13.7. The van der Waals surface area contributed by atoms with Gasteiger partial charge in [0, 0.05) is 24.4 Å². The summed E-state index contributed by atoms with van der Waals surface area (Å²) in [7, 11) is 0. The van der Waals surface area contributed by atoms with Crippen LogP contribution in [0.2, 0.25) is 0 Å². The number of nitrogens with one attached hydrogen (secondary N) is 1. The first-order valence-electron chi connectivity index (χ1n) is 6.29. The standard InChI is InChI=1S/C15H17FN2O/c1-3-17-10-12-7-8-15(18-11(12)2)19-14-6-4-5-13(16)9-14/h4-9,17H,3,10H2,1-2H3. The van der Waals surface area contributed by atoms with Gasteiger partial charge < -0.3 is 10.1 Å². The third-order valence-electron chi connectivity index (χ3n) is 2.75. The van der Waals surface area contributed by atoms with Crippen LogP contribution in [0.25, 0.3) is 0 Å². The molecule has 0 aliphatic carbocycles. The SMILES string of the molecule is CCNCc1ccc(Oc2cccc(F)c2)nc1C. The van der Waals surface area contributed by atoms with Gasteiger partial charge in [-0.2, -0.15) is 0 Å². The van der Waals surface area contributed by atoms with Crippen LogP contribution in [0.1, 0.15) is 18.2 Å². The lowest BCUT2D eigenvalue weighted by molar-refractivity contribution is 0.456. The van der Waals surface area contributed by atoms with E-state index in [1.54, 1.807) is 18.2 Å². The smallest absolute Gasteiger partial charge is 0.219 e. The number of ether oxygens (including phenoxy) is 1. The largest absolute Gasteiger partial charge is 0.439 e. The monoisotopic (exact) mass is 260 g/mol. The number of benzene rings is 1. The number of aryl methyl sites for hydroxylation is 1. The Balaban J connectivity index is 2.11. The predicted octanol–water partition coefficient (Wildman–Crippen LogP) is 3.43. The van der Waals surface area contributed by atoms with Gasteiger partial charge in [-0.05, 0) is 31.2 Å². The highest BCUT2D eigenvalue weighted by atomic mass is 19.1. The summed E-state index contributed by atoms with van der Waals surface area (Å²) >= 11 is 0. The molecule has 0 atom stereocenters. The minimum Gasteiger partial charge on any atom is -0.439 e. The maximum absolute atomic E-state index is 13.0. The molecule has 0 radical (unpaired) electrons. The van der Waals surface area contributed by atoms with Gasteiger partial charge >= 0.3 is 0 Å². The van der Waals surface area contributed by atoms with Crippen LogP contribution in [0.3, 0.4) is 0 Å². The molecule has 1 N–H and O–H groups in total. The van der Waals surface area contributed by atoms with Gasteiger partial charge in [0.2, 0.25) is 5.88 Å². The minimum atomic E-state index is -0.321. The molecule has 0 aliphatic heterocycles. The molecule has 0 bridgehead atoms. The number of aromatic nitrogens is 1. The molecule has 0 aliphatic rings. The third-order valence-corrected chi connectivity index (χ3v) is 2.75. The van der Waals surface area contributed by atoms with Gasteiger partial charge in [-0.15, -0.1) is 0 Å². The molecule has 2 aromatic rings. The van der Waals surface area contributed by atoms with Crippen LogP contribution in [0, 0.1) is 12.7 Å². The van der Waals surface area contributed by atoms with Gasteiger partial charge in [-0.3, -0.25) is 0 Å². The maximum atomic E-state index is 13.0. The van der Waals surface area contributed by atoms with E-state index < -0.39 is 0 Å². The molecule has 0 saturated heterocycles. The summed E-state index contributed by atoms with van der Waals surface area (Å²) in [5.74, 6) is 0.604. The summed E-state index contributed by atoms with van der Waals surface area (Å²) in [4.78, 5) is 4.37. The molecule has 1 heterocycles. The number of halogens is 1. The van der Waals surface area contributed by atoms with Crippen molar-refractivity contribution in [1.82, 2.24) is 10.3 Å². The van der Waals surface area contributed by atoms with Crippen molar-refractivity contribution in [2.45, 2.75) is 20.4 Å². The van der Waals surface area contributed by atoms with Crippen molar-refractivity contribution in [3.8, 4) is 11.6 Å². The van der Waals surface area contributed by atoms with E-state index in [2.05, 4.69) is 17.2 Å². The van der Waals surface area contributed by atoms with Crippen molar-refractivity contribution in [3.63, 3.8) is 0 Å². The Morgan fingerprint density at radius 2 is 2.11 bits per heavy atom. The lowest BCUT2D eigenvalue weighted by Crippen LogP contribution is -2.13. The summed E-state index contributed by atoms with van der Waals surface area (Å²) in [5.41, 5.74) is 2.04. The van der Waals surface area contributed by atoms with E-state index in [0.29, 0.717) is 11.6 Å². The summed E-state index contributed by atoms with van der Waals surface area (Å²) in [6, 6.07) is 9.79. The Morgan fingerprint density at radius 1 is 1.26 bits per heavy atom. The molecular weight excluding hydrogens is 243 g/mol. The van der Waals surface area contributed by atoms with Gasteiger partial charge in [0.25, 0.3) is 0 Å². The Bertz CT molecular complexity index is 558. The van der Waals surface area contributed by atoms with E-state index in [1.807, 2.05) is 13.0 Å². The first-order valence-corrected chi connectivity index (χ1v) is 6.29. The van der Waals surface area contributed by atoms with Crippen molar-refractivity contribution >= 4 is 0 Å². The van der Waals surface area contributed by atoms with Crippen LogP contribution in [-0.4, -0.2) is 11.5 Å². The number of hydrogen-bond acceptors (Lipinski definition) is 3. The second-order valence-electron chi connectivity index (χ2n) is 4.23. The highest BCUT2D eigenvalue weighted by Crippen LogP contribution is 2.21. The molecule has 0 spiro atoms. The summed E-state index contributed by atoms with van der Waals surface area (Å²) in [6.45, 7) is 5.70. The lowest BCUT2D eigenvalue weighted by Gasteiger charge is -2.09. The Morgan fingerprint density at radius 3 is 2.79 bits per heavy atom. The van der Waals surface area contributed by atoms with Gasteiger partial charge in [0.1, 0.15) is 11.6 Å². The van der Waals surface area contributed by atoms with Crippen molar-refractivity contribution in [2.75, 3.05) is 6.54 Å². The van der Waals surface area contributed by atoms with Crippen LogP contribution in [0.4, 0.5) is 4.39 Å². The number of hydrogen-bond donors (Lipinski definition) is 1. The van der Waals surface area contributed by atoms with Crippen molar-refractivity contribution < 1.29 is 9.13 Å². The molecule has 3 nitrogen and oxygen atoms in total. The second kappa shape index (κ2) is 6.29. The van der Waals surface area contributed by atoms with E-state index in [0.717, 1.165) is 24.3 Å². The van der Waals surface area contributed by atoms with E-state index in [4.69, 9.17) is 4.74 Å². The average molecular weight is 260 g/mol. The van der Waals surface area contributed by atoms with E-state index in [1.165, 1.54) is 12.1 Å². The topological polar surface area (TPSA) is 34.1 Å². The zero-order valence-electron chi connectivity index (χ0n) is 11.1. The van der Waals surface area contributed by atoms with Crippen molar-refractivity contribution in [2.24, 2.45) is 0 Å². The van der Waals surface area contributed by atoms with Gasteiger partial charge in [0.05, 0.1) is 0 Å². The fraction of sp³-hybridized carbons (Fsp3) is 0.267. The quantitative estimate of drug-likeness (QED) is 0.894. The molecule has 1 aromatic carbocycles. The van der Waals surface area contributed by atoms with E-state index in [-0.39, 0.29) is 5.82 Å². The first kappa shape index (κ1) is 13.5. The third kappa shape index (κ3) is 3.76. The fourth-order valence-corrected chi connectivity index (χ4v) is 1.72. The molecule has 2 rings (SSSR count). The van der Waals surface area contributed by atoms with Crippen LogP contribution < -0.4 is 10.1 Å². The summed E-state index contributed by atoms with van der Waals surface area (Å²) < 4.78 is 18.6. The van der Waals surface area contributed by atoms with Gasteiger partial charge in [0.15, 0.2) is 0 Å². The van der Waals surface area contributed by atoms with Gasteiger partial charge in [-0.1, -0.05) is 19.1 Å². The molecule has 100 valence electrons. The molecule has 0 saturated carbocycles. The molecular formula is C15H17FN2O. The lowest BCUT2D eigenvalue weighted by atomic mass is 10.2. The summed E-state index contributed by atoms with van der Waals surface area (Å²) in [5, 5.41) is 3.25. The highest BCUT2D eigenvalue weighted by Gasteiger charge is 2.04. The van der Waals surface area contributed by atoms with Crippen LogP contribution in [0.5, 0.6) is 11.6 Å². The molecule has 0 amide bonds. The molecule has 19 heavy (non-hydrogen) atoms. The average Bonchev–Trinajstić information content (AvgIpc) is 2.38. The Hall–Kier alpha value is -1.94. The predicted molar refractivity (Wildman–Crippen MR) is 72.8 cm³/mol. The maximum Gasteiger partial charge on any atom is 0.219 e. The molecule has 4 heteroatoms. The Labute approximate surface area is 112 Å².